The molecular formula is C42H47N3O8S2. The molecule has 0 radical (unpaired) electrons. The van der Waals surface area contributed by atoms with Crippen LogP contribution in [0, 0.1) is 23.7 Å². The number of benzene rings is 4. The highest BCUT2D eigenvalue weighted by Crippen LogP contribution is 2.51. The molecular weight excluding hydrogens is 739 g/mol. The van der Waals surface area contributed by atoms with Crippen molar-refractivity contribution in [1.29, 1.82) is 0 Å². The van der Waals surface area contributed by atoms with E-state index in [1.165, 1.54) is 24.3 Å². The summed E-state index contributed by atoms with van der Waals surface area (Å²) in [5, 5.41) is 24.8. The van der Waals surface area contributed by atoms with Crippen molar-refractivity contribution in [3.63, 3.8) is 0 Å². The van der Waals surface area contributed by atoms with Crippen LogP contribution in [0.1, 0.15) is 78.7 Å². The number of Topliss-reactive ketones (excluding diaryl/α,β-unsaturated/α-hetero) is 1. The van der Waals surface area contributed by atoms with Crippen LogP contribution in [0.25, 0.3) is 39.3 Å². The van der Waals surface area contributed by atoms with E-state index < -0.39 is 31.7 Å². The smallest absolute Gasteiger partial charge is 0.295 e. The molecule has 3 aliphatic carbocycles. The Morgan fingerprint density at radius 1 is 0.727 bits per heavy atom. The molecule has 4 aliphatic rings. The van der Waals surface area contributed by atoms with Crippen LogP contribution in [-0.2, 0) is 25.0 Å². The molecule has 1 spiro atoms. The highest BCUT2D eigenvalue weighted by atomic mass is 32.2. The number of hydrogen-bond donors (Lipinski definition) is 6. The molecule has 2 saturated carbocycles. The third kappa shape index (κ3) is 6.19. The molecule has 4 aromatic carbocycles. The van der Waals surface area contributed by atoms with Gasteiger partial charge in [0.15, 0.2) is 0 Å². The number of aliphatic hydroxyl groups is 1. The third-order valence-electron chi connectivity index (χ3n) is 12.2. The molecule has 55 heavy (non-hydrogen) atoms. The quantitative estimate of drug-likeness (QED) is 0.113. The second-order valence-electron chi connectivity index (χ2n) is 17.3. The first-order chi connectivity index (χ1) is 25.7. The Bertz CT molecular complexity index is 2720. The summed E-state index contributed by atoms with van der Waals surface area (Å²) in [5.74, 6) is 0.902. The topological polar surface area (TPSA) is 182 Å². The van der Waals surface area contributed by atoms with E-state index in [0.717, 1.165) is 38.5 Å². The summed E-state index contributed by atoms with van der Waals surface area (Å²) in [7, 11) is -9.23. The Morgan fingerprint density at radius 2 is 1.27 bits per heavy atom. The Balaban J connectivity index is 1.33. The van der Waals surface area contributed by atoms with Crippen LogP contribution in [0.4, 0.5) is 17.1 Å². The highest BCUT2D eigenvalue weighted by molar-refractivity contribution is 7.86. The monoisotopic (exact) mass is 785 g/mol. The van der Waals surface area contributed by atoms with Gasteiger partial charge >= 0.3 is 0 Å². The van der Waals surface area contributed by atoms with Gasteiger partial charge in [-0.15, -0.1) is 0 Å². The van der Waals surface area contributed by atoms with Gasteiger partial charge in [0.05, 0.1) is 16.8 Å². The summed E-state index contributed by atoms with van der Waals surface area (Å²) in [4.78, 5) is 13.8. The van der Waals surface area contributed by atoms with Crippen molar-refractivity contribution >= 4 is 82.4 Å². The molecule has 2 fully saturated rings. The van der Waals surface area contributed by atoms with Crippen molar-refractivity contribution in [1.82, 2.24) is 0 Å². The number of hydrogen-bond acceptors (Lipinski definition) is 9. The molecule has 4 aromatic rings. The Labute approximate surface area is 321 Å². The SMILES string of the molecule is C=c1/c(=C2/C(=O)C(c3ccc4c(S(=O)(=O)O)ccc5c4c3NC3(CC(C)CC(C)C3)N5)=C2O)ccc2c(S(=O)(=O)O)ccc(NC3(C)CC(C)CC(C)C3)c12. The minimum Gasteiger partial charge on any atom is -0.506 e. The fourth-order valence-electron chi connectivity index (χ4n) is 10.8. The Kier molecular flexibility index (Phi) is 8.55. The van der Waals surface area contributed by atoms with Crippen molar-refractivity contribution in [3.05, 3.63) is 70.3 Å². The van der Waals surface area contributed by atoms with Crippen LogP contribution < -0.4 is 26.4 Å². The largest absolute Gasteiger partial charge is 0.506 e. The van der Waals surface area contributed by atoms with Crippen molar-refractivity contribution in [2.24, 2.45) is 23.7 Å². The number of carbonyl (C=O) groups is 1. The average Bonchev–Trinajstić information content (AvgIpc) is 3.04. The molecule has 1 aliphatic heterocycles. The second-order valence-corrected chi connectivity index (χ2v) is 20.0. The molecule has 4 atom stereocenters. The number of ketones is 1. The van der Waals surface area contributed by atoms with Gasteiger partial charge in [-0.2, -0.15) is 16.8 Å². The third-order valence-corrected chi connectivity index (χ3v) is 14.0. The molecule has 11 nitrogen and oxygen atoms in total. The van der Waals surface area contributed by atoms with E-state index in [1.807, 2.05) is 0 Å². The van der Waals surface area contributed by atoms with E-state index in [0.29, 0.717) is 67.5 Å². The maximum absolute atomic E-state index is 14.4. The van der Waals surface area contributed by atoms with E-state index in [1.54, 1.807) is 24.3 Å². The summed E-state index contributed by atoms with van der Waals surface area (Å²) >= 11 is 0. The predicted octanol–water partition coefficient (Wildman–Crippen LogP) is 7.22. The van der Waals surface area contributed by atoms with Gasteiger partial charge in [-0.25, -0.2) is 0 Å². The van der Waals surface area contributed by atoms with Gasteiger partial charge in [0, 0.05) is 44.0 Å². The van der Waals surface area contributed by atoms with E-state index in [-0.39, 0.29) is 43.0 Å². The zero-order chi connectivity index (χ0) is 39.6. The zero-order valence-corrected chi connectivity index (χ0v) is 33.2. The molecule has 6 N–H and O–H groups in total. The minimum absolute atomic E-state index is 0.0130. The normalized spacial score (nSPS) is 29.3. The lowest BCUT2D eigenvalue weighted by atomic mass is 9.72. The number of fused-ring (bicyclic) bond motifs is 1. The summed E-state index contributed by atoms with van der Waals surface area (Å²) < 4.78 is 70.4. The first-order valence-electron chi connectivity index (χ1n) is 18.9. The van der Waals surface area contributed by atoms with E-state index in [4.69, 9.17) is 0 Å². The van der Waals surface area contributed by atoms with Gasteiger partial charge in [-0.05, 0) is 104 Å². The zero-order valence-electron chi connectivity index (χ0n) is 31.6. The maximum atomic E-state index is 14.4. The van der Waals surface area contributed by atoms with Crippen molar-refractivity contribution in [3.8, 4) is 0 Å². The second kappa shape index (κ2) is 12.5. The van der Waals surface area contributed by atoms with Crippen LogP contribution in [0.5, 0.6) is 0 Å². The summed E-state index contributed by atoms with van der Waals surface area (Å²) in [6, 6.07) is 12.2. The molecule has 0 aromatic heterocycles. The maximum Gasteiger partial charge on any atom is 0.295 e. The van der Waals surface area contributed by atoms with Crippen molar-refractivity contribution in [2.45, 2.75) is 94.1 Å². The van der Waals surface area contributed by atoms with Crippen molar-refractivity contribution < 1.29 is 35.8 Å². The van der Waals surface area contributed by atoms with Crippen LogP contribution in [0.2, 0.25) is 0 Å². The number of rotatable bonds is 5. The van der Waals surface area contributed by atoms with Gasteiger partial charge in [0.2, 0.25) is 5.78 Å². The van der Waals surface area contributed by atoms with Gasteiger partial charge < -0.3 is 21.1 Å². The van der Waals surface area contributed by atoms with Gasteiger partial charge in [0.25, 0.3) is 20.2 Å². The fraction of sp³-hybridized carbons (Fsp3) is 0.405. The lowest BCUT2D eigenvalue weighted by Gasteiger charge is -2.48. The average molecular weight is 786 g/mol. The van der Waals surface area contributed by atoms with Crippen LogP contribution in [0.3, 0.4) is 0 Å². The van der Waals surface area contributed by atoms with E-state index in [2.05, 4.69) is 57.1 Å². The summed E-state index contributed by atoms with van der Waals surface area (Å²) in [6.45, 7) is 15.3. The van der Waals surface area contributed by atoms with E-state index in [9.17, 15) is 35.8 Å². The first-order valence-corrected chi connectivity index (χ1v) is 21.7. The number of anilines is 3. The number of allylic oxidation sites excluding steroid dienone is 2. The van der Waals surface area contributed by atoms with Crippen LogP contribution >= 0.6 is 0 Å². The minimum atomic E-state index is -4.63. The number of nitrogens with one attached hydrogen (secondary N) is 3. The van der Waals surface area contributed by atoms with Crippen LogP contribution in [0.15, 0.2) is 64.1 Å². The molecule has 8 rings (SSSR count). The Morgan fingerprint density at radius 3 is 1.85 bits per heavy atom. The Hall–Kier alpha value is -4.43. The molecule has 1 heterocycles. The van der Waals surface area contributed by atoms with E-state index >= 15 is 0 Å². The predicted molar refractivity (Wildman–Crippen MR) is 217 cm³/mol. The van der Waals surface area contributed by atoms with Gasteiger partial charge in [-0.3, -0.25) is 13.9 Å². The summed E-state index contributed by atoms with van der Waals surface area (Å²) in [6.07, 6.45) is 5.43. The molecule has 290 valence electrons. The fourth-order valence-corrected chi connectivity index (χ4v) is 12.2. The number of carbonyl (C=O) groups excluding carboxylic acids is 1. The highest BCUT2D eigenvalue weighted by Gasteiger charge is 2.44. The molecule has 0 bridgehead atoms. The van der Waals surface area contributed by atoms with Gasteiger partial charge in [-0.1, -0.05) is 58.5 Å². The lowest BCUT2D eigenvalue weighted by molar-refractivity contribution is -0.109. The van der Waals surface area contributed by atoms with Gasteiger partial charge in [0.1, 0.15) is 21.2 Å². The lowest BCUT2D eigenvalue weighted by Crippen LogP contribution is -2.53. The molecule has 4 unspecified atom stereocenters. The molecule has 13 heteroatoms. The molecule has 0 saturated heterocycles. The van der Waals surface area contributed by atoms with Crippen LogP contribution in [-0.4, -0.2) is 48.0 Å². The standard InChI is InChI=1S/C42H47N3O8S2/c1-21-15-22(2)18-41(6,17-21)43-30-11-13-32(54(48,49)50)27-8-7-26(25(5)34(27)30)36-39(46)37(40(36)47)29-10-9-28-33(55(51,52)53)14-12-31-35(28)38(29)45-42(44-31)19-23(3)16-24(4)20-42/h7-14,21-24,43-46H,5,15-20H2,1-4,6H3,(H,48,49,50)(H,51,52,53)/b36-26+. The number of aliphatic hydroxyl groups excluding tert-OH is 1. The summed E-state index contributed by atoms with van der Waals surface area (Å²) in [5.41, 5.74) is 1.24. The first kappa shape index (κ1) is 37.5. The van der Waals surface area contributed by atoms with Crippen molar-refractivity contribution in [2.75, 3.05) is 16.0 Å². The molecule has 0 amide bonds.